The van der Waals surface area contributed by atoms with Crippen LogP contribution in [0.4, 0.5) is 0 Å². The van der Waals surface area contributed by atoms with Crippen LogP contribution in [0.25, 0.3) is 11.4 Å². The molecule has 0 saturated carbocycles. The zero-order valence-electron chi connectivity index (χ0n) is 13.7. The molecule has 0 unspecified atom stereocenters. The van der Waals surface area contributed by atoms with Crippen molar-refractivity contribution < 1.29 is 17.7 Å². The molecule has 0 bridgehead atoms. The molecular formula is C16H17N3O4S2. The first kappa shape index (κ1) is 17.6. The van der Waals surface area contributed by atoms with E-state index in [-0.39, 0.29) is 16.6 Å². The Kier molecular flexibility index (Phi) is 5.16. The van der Waals surface area contributed by atoms with Gasteiger partial charge in [-0.2, -0.15) is 4.98 Å². The van der Waals surface area contributed by atoms with Crippen molar-refractivity contribution in [1.29, 1.82) is 0 Å². The number of hydrogen-bond acceptors (Lipinski definition) is 7. The number of methoxy groups -OCH3 is 1. The predicted octanol–water partition coefficient (Wildman–Crippen LogP) is 2.85. The van der Waals surface area contributed by atoms with Gasteiger partial charge in [-0.1, -0.05) is 12.1 Å². The van der Waals surface area contributed by atoms with Gasteiger partial charge in [0, 0.05) is 10.4 Å². The quantitative estimate of drug-likeness (QED) is 0.678. The van der Waals surface area contributed by atoms with Gasteiger partial charge >= 0.3 is 0 Å². The van der Waals surface area contributed by atoms with Crippen LogP contribution in [0.3, 0.4) is 0 Å². The maximum Gasteiger partial charge on any atom is 0.250 e. The molecule has 0 spiro atoms. The van der Waals surface area contributed by atoms with Gasteiger partial charge in [0.05, 0.1) is 13.7 Å². The maximum absolute atomic E-state index is 12.3. The van der Waals surface area contributed by atoms with Gasteiger partial charge in [-0.15, -0.1) is 11.3 Å². The zero-order valence-corrected chi connectivity index (χ0v) is 15.4. The lowest BCUT2D eigenvalue weighted by atomic mass is 10.2. The molecule has 3 aromatic rings. The number of rotatable bonds is 7. The molecule has 0 aliphatic rings. The van der Waals surface area contributed by atoms with Crippen molar-refractivity contribution in [1.82, 2.24) is 14.9 Å². The molecule has 0 fully saturated rings. The van der Waals surface area contributed by atoms with Crippen LogP contribution in [0.5, 0.6) is 5.75 Å². The van der Waals surface area contributed by atoms with Gasteiger partial charge in [-0.3, -0.25) is 0 Å². The molecule has 0 aliphatic carbocycles. The summed E-state index contributed by atoms with van der Waals surface area (Å²) in [6, 6.07) is 10.6. The molecule has 132 valence electrons. The van der Waals surface area contributed by atoms with Crippen LogP contribution >= 0.6 is 11.3 Å². The van der Waals surface area contributed by atoms with E-state index < -0.39 is 10.0 Å². The molecule has 0 amide bonds. The number of sulfonamides is 1. The summed E-state index contributed by atoms with van der Waals surface area (Å²) in [6.45, 7) is 1.92. The largest absolute Gasteiger partial charge is 0.497 e. The first-order valence-electron chi connectivity index (χ1n) is 7.57. The van der Waals surface area contributed by atoms with Crippen LogP contribution in [0.2, 0.25) is 0 Å². The smallest absolute Gasteiger partial charge is 0.250 e. The van der Waals surface area contributed by atoms with Crippen LogP contribution in [0, 0.1) is 0 Å². The third-order valence-electron chi connectivity index (χ3n) is 3.48. The number of benzene rings is 1. The Labute approximate surface area is 149 Å². The average molecular weight is 379 g/mol. The van der Waals surface area contributed by atoms with Crippen molar-refractivity contribution in [3.63, 3.8) is 0 Å². The van der Waals surface area contributed by atoms with Gasteiger partial charge in [0.15, 0.2) is 0 Å². The summed E-state index contributed by atoms with van der Waals surface area (Å²) < 4.78 is 37.5. The van der Waals surface area contributed by atoms with E-state index >= 15 is 0 Å². The lowest BCUT2D eigenvalue weighted by molar-refractivity contribution is 0.376. The van der Waals surface area contributed by atoms with Crippen molar-refractivity contribution in [3.05, 3.63) is 47.2 Å². The number of aromatic nitrogens is 2. The fourth-order valence-electron chi connectivity index (χ4n) is 2.10. The summed E-state index contributed by atoms with van der Waals surface area (Å²) in [6.07, 6.45) is 0.801. The van der Waals surface area contributed by atoms with Crippen molar-refractivity contribution >= 4 is 21.4 Å². The van der Waals surface area contributed by atoms with E-state index in [1.165, 1.54) is 11.3 Å². The molecule has 9 heteroatoms. The SMILES string of the molecule is CCc1ccc(S(=O)(=O)NCc2nc(-c3ccc(OC)cc3)no2)s1. The molecule has 25 heavy (non-hydrogen) atoms. The van der Waals surface area contributed by atoms with Gasteiger partial charge in [0.1, 0.15) is 9.96 Å². The molecule has 2 heterocycles. The van der Waals surface area contributed by atoms with E-state index in [2.05, 4.69) is 14.9 Å². The highest BCUT2D eigenvalue weighted by atomic mass is 32.2. The van der Waals surface area contributed by atoms with E-state index in [0.717, 1.165) is 22.6 Å². The van der Waals surface area contributed by atoms with E-state index in [9.17, 15) is 8.42 Å². The van der Waals surface area contributed by atoms with Crippen LogP contribution in [-0.2, 0) is 23.0 Å². The molecule has 0 saturated heterocycles. The van der Waals surface area contributed by atoms with Gasteiger partial charge in [0.25, 0.3) is 10.0 Å². The molecule has 1 aromatic carbocycles. The van der Waals surface area contributed by atoms with Gasteiger partial charge in [-0.05, 0) is 42.8 Å². The standard InChI is InChI=1S/C16H17N3O4S2/c1-3-13-8-9-15(24-13)25(20,21)17-10-14-18-16(19-23-14)11-4-6-12(22-2)7-5-11/h4-9,17H,3,10H2,1-2H3. The monoisotopic (exact) mass is 379 g/mol. The number of nitrogens with zero attached hydrogens (tertiary/aromatic N) is 2. The maximum atomic E-state index is 12.3. The Morgan fingerprint density at radius 1 is 1.20 bits per heavy atom. The molecule has 1 N–H and O–H groups in total. The topological polar surface area (TPSA) is 94.3 Å². The highest BCUT2D eigenvalue weighted by Gasteiger charge is 2.18. The van der Waals surface area contributed by atoms with Gasteiger partial charge < -0.3 is 9.26 Å². The minimum absolute atomic E-state index is 0.0646. The fraction of sp³-hybridized carbons (Fsp3) is 0.250. The number of hydrogen-bond donors (Lipinski definition) is 1. The third kappa shape index (κ3) is 4.06. The normalized spacial score (nSPS) is 11.6. The second-order valence-electron chi connectivity index (χ2n) is 5.14. The summed E-state index contributed by atoms with van der Waals surface area (Å²) in [5.74, 6) is 1.31. The second-order valence-corrected chi connectivity index (χ2v) is 8.30. The van der Waals surface area contributed by atoms with E-state index in [1.54, 1.807) is 37.4 Å². The lowest BCUT2D eigenvalue weighted by Gasteiger charge is -2.01. The van der Waals surface area contributed by atoms with Gasteiger partial charge in [-0.25, -0.2) is 13.1 Å². The summed E-state index contributed by atoms with van der Waals surface area (Å²) in [4.78, 5) is 5.23. The number of aryl methyl sites for hydroxylation is 1. The number of thiophene rings is 1. The summed E-state index contributed by atoms with van der Waals surface area (Å²) in [7, 11) is -2.00. The van der Waals surface area contributed by atoms with Crippen LogP contribution in [-0.4, -0.2) is 25.7 Å². The van der Waals surface area contributed by atoms with Crippen LogP contribution in [0.1, 0.15) is 17.7 Å². The Hall–Kier alpha value is -2.23. The van der Waals surface area contributed by atoms with Crippen molar-refractivity contribution in [2.45, 2.75) is 24.1 Å². The summed E-state index contributed by atoms with van der Waals surface area (Å²) in [5, 5.41) is 3.87. The zero-order chi connectivity index (χ0) is 17.9. The molecule has 2 aromatic heterocycles. The molecule has 0 radical (unpaired) electrons. The minimum atomic E-state index is -3.59. The Morgan fingerprint density at radius 3 is 2.60 bits per heavy atom. The average Bonchev–Trinajstić information content (AvgIpc) is 3.30. The lowest BCUT2D eigenvalue weighted by Crippen LogP contribution is -2.22. The van der Waals surface area contributed by atoms with E-state index in [0.29, 0.717) is 5.82 Å². The highest BCUT2D eigenvalue weighted by molar-refractivity contribution is 7.91. The second kappa shape index (κ2) is 7.34. The van der Waals surface area contributed by atoms with E-state index in [4.69, 9.17) is 9.26 Å². The molecule has 7 nitrogen and oxygen atoms in total. The van der Waals surface area contributed by atoms with Crippen molar-refractivity contribution in [2.75, 3.05) is 7.11 Å². The fourth-order valence-corrected chi connectivity index (χ4v) is 4.42. The van der Waals surface area contributed by atoms with E-state index in [1.807, 2.05) is 13.0 Å². The number of nitrogens with one attached hydrogen (secondary N) is 1. The third-order valence-corrected chi connectivity index (χ3v) is 6.60. The molecular weight excluding hydrogens is 362 g/mol. The van der Waals surface area contributed by atoms with Gasteiger partial charge in [0.2, 0.25) is 11.7 Å². The Bertz CT molecular complexity index is 946. The molecule has 3 rings (SSSR count). The molecule has 0 atom stereocenters. The predicted molar refractivity (Wildman–Crippen MR) is 94.0 cm³/mol. The first-order valence-corrected chi connectivity index (χ1v) is 9.87. The van der Waals surface area contributed by atoms with Crippen LogP contribution in [0.15, 0.2) is 45.1 Å². The van der Waals surface area contributed by atoms with Crippen molar-refractivity contribution in [3.8, 4) is 17.1 Å². The van der Waals surface area contributed by atoms with Crippen molar-refractivity contribution in [2.24, 2.45) is 0 Å². The highest BCUT2D eigenvalue weighted by Crippen LogP contribution is 2.22. The Balaban J connectivity index is 1.68. The summed E-state index contributed by atoms with van der Waals surface area (Å²) >= 11 is 1.25. The van der Waals surface area contributed by atoms with Crippen LogP contribution < -0.4 is 9.46 Å². The first-order chi connectivity index (χ1) is 12.0. The Morgan fingerprint density at radius 2 is 1.96 bits per heavy atom. The number of ether oxygens (including phenoxy) is 1. The minimum Gasteiger partial charge on any atom is -0.497 e. The molecule has 0 aliphatic heterocycles. The summed E-state index contributed by atoms with van der Waals surface area (Å²) in [5.41, 5.74) is 0.754.